The third-order valence-electron chi connectivity index (χ3n) is 2.94. The monoisotopic (exact) mass is 296 g/mol. The molecular weight excluding hydrogens is 268 g/mol. The van der Waals surface area contributed by atoms with Gasteiger partial charge in [-0.15, -0.1) is 0 Å². The summed E-state index contributed by atoms with van der Waals surface area (Å²) in [4.78, 5) is 0. The fourth-order valence-electron chi connectivity index (χ4n) is 2.27. The highest BCUT2D eigenvalue weighted by Gasteiger charge is 2.53. The molecule has 19 heavy (non-hydrogen) atoms. The fraction of sp³-hybridized carbons (Fsp3) is 0.600. The van der Waals surface area contributed by atoms with E-state index in [-0.39, 0.29) is 12.2 Å². The molecule has 0 spiro atoms. The summed E-state index contributed by atoms with van der Waals surface area (Å²) in [7, 11) is -3.97. The van der Waals surface area contributed by atoms with E-state index in [4.69, 9.17) is 8.85 Å². The molecule has 2 nitrogen and oxygen atoms in total. The van der Waals surface area contributed by atoms with Crippen molar-refractivity contribution in [1.29, 1.82) is 0 Å². The Labute approximate surface area is 120 Å². The molecule has 1 aromatic rings. The van der Waals surface area contributed by atoms with E-state index < -0.39 is 15.7 Å². The van der Waals surface area contributed by atoms with Gasteiger partial charge < -0.3 is 8.85 Å². The second-order valence-corrected chi connectivity index (χ2v) is 19.8. The first-order chi connectivity index (χ1) is 8.69. The molecule has 0 fully saturated rings. The second kappa shape index (κ2) is 6.35. The predicted molar refractivity (Wildman–Crippen MR) is 87.6 cm³/mol. The Morgan fingerprint density at radius 1 is 0.789 bits per heavy atom. The molecule has 0 saturated carbocycles. The van der Waals surface area contributed by atoms with Crippen molar-refractivity contribution in [1.82, 2.24) is 0 Å². The van der Waals surface area contributed by atoms with Crippen molar-refractivity contribution in [3.63, 3.8) is 0 Å². The molecule has 1 aromatic carbocycles. The molecule has 0 N–H and O–H groups in total. The van der Waals surface area contributed by atoms with Gasteiger partial charge in [0.05, 0.1) is 0 Å². The van der Waals surface area contributed by atoms with Gasteiger partial charge in [0.25, 0.3) is 0 Å². The van der Waals surface area contributed by atoms with E-state index in [0.29, 0.717) is 0 Å². The molecule has 108 valence electrons. The quantitative estimate of drug-likeness (QED) is 0.747. The summed E-state index contributed by atoms with van der Waals surface area (Å²) in [6.07, 6.45) is 0.384. The Morgan fingerprint density at radius 2 is 1.21 bits per heavy atom. The summed E-state index contributed by atoms with van der Waals surface area (Å²) < 4.78 is 13.0. The van der Waals surface area contributed by atoms with Crippen molar-refractivity contribution in [3.05, 3.63) is 30.3 Å². The lowest BCUT2D eigenvalue weighted by atomic mass is 10.4. The van der Waals surface area contributed by atoms with Crippen molar-refractivity contribution < 1.29 is 8.85 Å². The van der Waals surface area contributed by atoms with Crippen LogP contribution in [0.5, 0.6) is 0 Å². The molecule has 1 rings (SSSR count). The van der Waals surface area contributed by atoms with Crippen LogP contribution in [0.1, 0.15) is 27.7 Å². The van der Waals surface area contributed by atoms with Gasteiger partial charge in [-0.05, 0) is 32.9 Å². The zero-order valence-electron chi connectivity index (χ0n) is 13.4. The van der Waals surface area contributed by atoms with Crippen LogP contribution in [0.15, 0.2) is 30.3 Å². The van der Waals surface area contributed by atoms with Crippen LogP contribution in [-0.2, 0) is 8.85 Å². The number of rotatable bonds is 6. The van der Waals surface area contributed by atoms with Crippen LogP contribution in [-0.4, -0.2) is 27.9 Å². The van der Waals surface area contributed by atoms with E-state index in [0.717, 1.165) is 0 Å². The van der Waals surface area contributed by atoms with Gasteiger partial charge in [0, 0.05) is 12.2 Å². The third kappa shape index (κ3) is 4.02. The van der Waals surface area contributed by atoms with Gasteiger partial charge in [-0.1, -0.05) is 50.0 Å². The minimum absolute atomic E-state index is 0.192. The molecule has 0 aliphatic carbocycles. The van der Waals surface area contributed by atoms with Crippen LogP contribution < -0.4 is 5.19 Å². The summed E-state index contributed by atoms with van der Waals surface area (Å²) in [6.45, 7) is 15.5. The normalized spacial score (nSPS) is 13.3. The Morgan fingerprint density at radius 3 is 1.53 bits per heavy atom. The van der Waals surface area contributed by atoms with E-state index in [9.17, 15) is 0 Å². The lowest BCUT2D eigenvalue weighted by Gasteiger charge is -2.42. The average Bonchev–Trinajstić information content (AvgIpc) is 2.26. The summed E-state index contributed by atoms with van der Waals surface area (Å²) >= 11 is 0. The van der Waals surface area contributed by atoms with Crippen LogP contribution in [0, 0.1) is 0 Å². The highest BCUT2D eigenvalue weighted by molar-refractivity contribution is 7.41. The summed E-state index contributed by atoms with van der Waals surface area (Å²) in [6, 6.07) is 10.6. The van der Waals surface area contributed by atoms with Crippen LogP contribution >= 0.6 is 0 Å². The molecule has 0 aliphatic rings. The van der Waals surface area contributed by atoms with E-state index >= 15 is 0 Å². The Hall–Kier alpha value is -0.426. The maximum absolute atomic E-state index is 6.48. The van der Waals surface area contributed by atoms with Crippen LogP contribution in [0.4, 0.5) is 0 Å². The van der Waals surface area contributed by atoms with Crippen LogP contribution in [0.3, 0.4) is 0 Å². The van der Waals surface area contributed by atoms with Gasteiger partial charge in [-0.25, -0.2) is 0 Å². The van der Waals surface area contributed by atoms with Gasteiger partial charge in [-0.3, -0.25) is 0 Å². The SMILES string of the molecule is CC(C)O[Si](OC(C)C)(c1ccccc1)[Si](C)(C)C. The first-order valence-electron chi connectivity index (χ1n) is 7.10. The summed E-state index contributed by atoms with van der Waals surface area (Å²) in [5.41, 5.74) is 0. The topological polar surface area (TPSA) is 18.5 Å². The smallest absolute Gasteiger partial charge is 0.349 e. The molecule has 0 atom stereocenters. The molecule has 0 bridgehead atoms. The molecule has 0 saturated heterocycles. The van der Waals surface area contributed by atoms with Gasteiger partial charge in [-0.2, -0.15) is 0 Å². The molecular formula is C15H28O2Si2. The standard InChI is InChI=1S/C15H28O2Si2/c1-13(2)16-19(17-14(3)4,18(5,6)7)15-11-9-8-10-12-15/h8-14H,1-7H3. The second-order valence-electron chi connectivity index (χ2n) is 6.57. The van der Waals surface area contributed by atoms with Crippen molar-refractivity contribution in [2.24, 2.45) is 0 Å². The lowest BCUT2D eigenvalue weighted by molar-refractivity contribution is 0.128. The molecule has 4 heteroatoms. The minimum atomic E-state index is -2.36. The molecule has 0 aliphatic heterocycles. The maximum atomic E-state index is 6.48. The third-order valence-corrected chi connectivity index (χ3v) is 15.1. The van der Waals surface area contributed by atoms with E-state index in [1.165, 1.54) is 5.19 Å². The first-order valence-corrected chi connectivity index (χ1v) is 13.4. The zero-order valence-corrected chi connectivity index (χ0v) is 15.4. The van der Waals surface area contributed by atoms with E-state index in [1.54, 1.807) is 0 Å². The lowest BCUT2D eigenvalue weighted by Crippen LogP contribution is -2.71. The molecule has 0 heterocycles. The summed E-state index contributed by atoms with van der Waals surface area (Å²) in [5.74, 6) is 0. The van der Waals surface area contributed by atoms with Gasteiger partial charge in [0.15, 0.2) is 0 Å². The van der Waals surface area contributed by atoms with Crippen molar-refractivity contribution in [3.8, 4) is 0 Å². The largest absolute Gasteiger partial charge is 0.391 e. The van der Waals surface area contributed by atoms with Crippen molar-refractivity contribution in [2.45, 2.75) is 59.5 Å². The number of hydrogen-bond donors (Lipinski definition) is 0. The van der Waals surface area contributed by atoms with E-state index in [1.807, 2.05) is 0 Å². The van der Waals surface area contributed by atoms with E-state index in [2.05, 4.69) is 77.7 Å². The van der Waals surface area contributed by atoms with Crippen LogP contribution in [0.2, 0.25) is 19.6 Å². The van der Waals surface area contributed by atoms with Gasteiger partial charge in [0.1, 0.15) is 7.59 Å². The Bertz CT molecular complexity index is 373. The zero-order chi connectivity index (χ0) is 14.7. The maximum Gasteiger partial charge on any atom is 0.349 e. The first kappa shape index (κ1) is 16.6. The minimum Gasteiger partial charge on any atom is -0.391 e. The Kier molecular flexibility index (Phi) is 5.56. The highest BCUT2D eigenvalue weighted by atomic mass is 29.3. The van der Waals surface area contributed by atoms with Gasteiger partial charge in [0.2, 0.25) is 0 Å². The average molecular weight is 297 g/mol. The molecule has 0 amide bonds. The predicted octanol–water partition coefficient (Wildman–Crippen LogP) is 3.60. The molecule has 0 radical (unpaired) electrons. The number of hydrogen-bond acceptors (Lipinski definition) is 2. The van der Waals surface area contributed by atoms with Gasteiger partial charge >= 0.3 is 8.08 Å². The van der Waals surface area contributed by atoms with Crippen LogP contribution in [0.25, 0.3) is 0 Å². The van der Waals surface area contributed by atoms with Crippen molar-refractivity contribution in [2.75, 3.05) is 0 Å². The summed E-state index contributed by atoms with van der Waals surface area (Å²) in [5, 5.41) is 1.27. The number of benzene rings is 1. The highest BCUT2D eigenvalue weighted by Crippen LogP contribution is 2.25. The molecule has 0 aromatic heterocycles. The Balaban J connectivity index is 3.34. The van der Waals surface area contributed by atoms with Crippen molar-refractivity contribution >= 4 is 20.9 Å². The fourth-order valence-corrected chi connectivity index (χ4v) is 12.8. The molecule has 0 unspecified atom stereocenters.